The van der Waals surface area contributed by atoms with E-state index in [2.05, 4.69) is 38.3 Å². The van der Waals surface area contributed by atoms with Gasteiger partial charge in [-0.3, -0.25) is 0 Å². The summed E-state index contributed by atoms with van der Waals surface area (Å²) in [6.07, 6.45) is 0. The van der Waals surface area contributed by atoms with E-state index in [0.717, 1.165) is 13.2 Å². The van der Waals surface area contributed by atoms with Crippen LogP contribution in [0.4, 0.5) is 0 Å². The molecule has 0 amide bonds. The van der Waals surface area contributed by atoms with Crippen LogP contribution in [0.3, 0.4) is 0 Å². The summed E-state index contributed by atoms with van der Waals surface area (Å²) >= 11 is 1.75. The van der Waals surface area contributed by atoms with E-state index in [1.807, 2.05) is 0 Å². The van der Waals surface area contributed by atoms with Crippen molar-refractivity contribution in [1.82, 2.24) is 0 Å². The molecule has 0 fully saturated rings. The Kier molecular flexibility index (Phi) is 3.29. The smallest absolute Gasteiger partial charge is 0.0809 e. The topological polar surface area (TPSA) is 9.23 Å². The molecule has 68 valence electrons. The molecular formula is C10H16OS. The van der Waals surface area contributed by atoms with Crippen LogP contribution in [0.2, 0.25) is 0 Å². The lowest BCUT2D eigenvalue weighted by Gasteiger charge is -2.17. The molecule has 0 aromatic carbocycles. The first kappa shape index (κ1) is 9.75. The maximum Gasteiger partial charge on any atom is 0.0809 e. The van der Waals surface area contributed by atoms with Gasteiger partial charge in [-0.1, -0.05) is 26.8 Å². The third kappa shape index (κ3) is 3.88. The summed E-state index contributed by atoms with van der Waals surface area (Å²) < 4.78 is 5.55. The van der Waals surface area contributed by atoms with Gasteiger partial charge < -0.3 is 4.74 Å². The molecule has 0 N–H and O–H groups in total. The first-order valence-electron chi connectivity index (χ1n) is 4.18. The van der Waals surface area contributed by atoms with E-state index >= 15 is 0 Å². The number of ether oxygens (including phenoxy) is 1. The van der Waals surface area contributed by atoms with Crippen LogP contribution in [0.1, 0.15) is 25.6 Å². The molecule has 0 atom stereocenters. The quantitative estimate of drug-likeness (QED) is 0.700. The van der Waals surface area contributed by atoms with Crippen molar-refractivity contribution in [2.45, 2.75) is 27.4 Å². The van der Waals surface area contributed by atoms with Crippen LogP contribution >= 0.6 is 11.3 Å². The van der Waals surface area contributed by atoms with Crippen LogP contribution in [-0.4, -0.2) is 6.61 Å². The second-order valence-electron chi connectivity index (χ2n) is 4.13. The van der Waals surface area contributed by atoms with E-state index in [4.69, 9.17) is 4.74 Å². The molecule has 1 aromatic rings. The minimum absolute atomic E-state index is 0.275. The molecule has 1 rings (SSSR count). The lowest BCUT2D eigenvalue weighted by atomic mass is 9.99. The fourth-order valence-electron chi connectivity index (χ4n) is 0.853. The lowest BCUT2D eigenvalue weighted by molar-refractivity contribution is 0.0614. The second kappa shape index (κ2) is 4.06. The van der Waals surface area contributed by atoms with E-state index in [-0.39, 0.29) is 5.41 Å². The number of hydrogen-bond acceptors (Lipinski definition) is 2. The largest absolute Gasteiger partial charge is 0.375 e. The van der Waals surface area contributed by atoms with Crippen LogP contribution in [0.25, 0.3) is 0 Å². The van der Waals surface area contributed by atoms with Crippen molar-refractivity contribution in [1.29, 1.82) is 0 Å². The molecule has 1 heterocycles. The van der Waals surface area contributed by atoms with Gasteiger partial charge in [0, 0.05) is 4.88 Å². The summed E-state index contributed by atoms with van der Waals surface area (Å²) in [4.78, 5) is 1.30. The molecule has 0 unspecified atom stereocenters. The molecule has 0 aliphatic carbocycles. The second-order valence-corrected chi connectivity index (χ2v) is 5.17. The maximum atomic E-state index is 5.55. The van der Waals surface area contributed by atoms with Gasteiger partial charge in [-0.25, -0.2) is 0 Å². The molecule has 0 saturated carbocycles. The highest BCUT2D eigenvalue weighted by atomic mass is 32.1. The van der Waals surface area contributed by atoms with E-state index in [0.29, 0.717) is 0 Å². The fourth-order valence-corrected chi connectivity index (χ4v) is 1.49. The molecule has 0 aliphatic rings. The van der Waals surface area contributed by atoms with E-state index in [1.54, 1.807) is 11.3 Å². The first-order valence-corrected chi connectivity index (χ1v) is 5.06. The van der Waals surface area contributed by atoms with Crippen molar-refractivity contribution in [3.63, 3.8) is 0 Å². The Bertz CT molecular complexity index is 208. The summed E-state index contributed by atoms with van der Waals surface area (Å²) in [6, 6.07) is 4.16. The Morgan fingerprint density at radius 2 is 2.17 bits per heavy atom. The van der Waals surface area contributed by atoms with E-state index in [9.17, 15) is 0 Å². The maximum absolute atomic E-state index is 5.55. The standard InChI is InChI=1S/C10H16OS/c1-10(2,3)8-11-7-9-5-4-6-12-9/h4-6H,7-8H2,1-3H3. The zero-order valence-electron chi connectivity index (χ0n) is 7.96. The monoisotopic (exact) mass is 184 g/mol. The highest BCUT2D eigenvalue weighted by Crippen LogP contribution is 2.15. The van der Waals surface area contributed by atoms with Gasteiger partial charge in [0.05, 0.1) is 13.2 Å². The van der Waals surface area contributed by atoms with Gasteiger partial charge >= 0.3 is 0 Å². The van der Waals surface area contributed by atoms with Gasteiger partial charge in [-0.05, 0) is 16.9 Å². The Balaban J connectivity index is 2.20. The highest BCUT2D eigenvalue weighted by molar-refractivity contribution is 7.09. The van der Waals surface area contributed by atoms with Crippen molar-refractivity contribution in [2.75, 3.05) is 6.61 Å². The third-order valence-electron chi connectivity index (χ3n) is 1.36. The van der Waals surface area contributed by atoms with Gasteiger partial charge in [-0.15, -0.1) is 11.3 Å². The zero-order chi connectivity index (χ0) is 9.03. The fraction of sp³-hybridized carbons (Fsp3) is 0.600. The number of rotatable bonds is 3. The number of hydrogen-bond donors (Lipinski definition) is 0. The van der Waals surface area contributed by atoms with Gasteiger partial charge in [0.15, 0.2) is 0 Å². The normalized spacial score (nSPS) is 11.9. The van der Waals surface area contributed by atoms with Crippen molar-refractivity contribution in [2.24, 2.45) is 5.41 Å². The average Bonchev–Trinajstić information content (AvgIpc) is 2.36. The highest BCUT2D eigenvalue weighted by Gasteiger charge is 2.09. The molecule has 0 spiro atoms. The van der Waals surface area contributed by atoms with Crippen molar-refractivity contribution < 1.29 is 4.74 Å². The molecular weight excluding hydrogens is 168 g/mol. The van der Waals surface area contributed by atoms with Crippen molar-refractivity contribution in [3.8, 4) is 0 Å². The Morgan fingerprint density at radius 1 is 1.42 bits per heavy atom. The van der Waals surface area contributed by atoms with E-state index in [1.165, 1.54) is 4.88 Å². The summed E-state index contributed by atoms with van der Waals surface area (Å²) in [6.45, 7) is 8.13. The molecule has 0 saturated heterocycles. The van der Waals surface area contributed by atoms with E-state index < -0.39 is 0 Å². The minimum Gasteiger partial charge on any atom is -0.375 e. The first-order chi connectivity index (χ1) is 5.58. The van der Waals surface area contributed by atoms with Gasteiger partial charge in [0.25, 0.3) is 0 Å². The Labute approximate surface area is 78.4 Å². The molecule has 0 bridgehead atoms. The number of thiophene rings is 1. The summed E-state index contributed by atoms with van der Waals surface area (Å²) in [5, 5.41) is 2.08. The lowest BCUT2D eigenvalue weighted by Crippen LogP contribution is -2.14. The summed E-state index contributed by atoms with van der Waals surface area (Å²) in [5.74, 6) is 0. The molecule has 0 radical (unpaired) electrons. The predicted molar refractivity (Wildman–Crippen MR) is 53.4 cm³/mol. The SMILES string of the molecule is CC(C)(C)COCc1cccs1. The molecule has 2 heteroatoms. The Morgan fingerprint density at radius 3 is 2.67 bits per heavy atom. The van der Waals surface area contributed by atoms with Gasteiger partial charge in [0.1, 0.15) is 0 Å². The summed E-state index contributed by atoms with van der Waals surface area (Å²) in [7, 11) is 0. The van der Waals surface area contributed by atoms with Gasteiger partial charge in [-0.2, -0.15) is 0 Å². The molecule has 1 nitrogen and oxygen atoms in total. The average molecular weight is 184 g/mol. The van der Waals surface area contributed by atoms with Crippen molar-refractivity contribution in [3.05, 3.63) is 22.4 Å². The van der Waals surface area contributed by atoms with Crippen LogP contribution in [0.5, 0.6) is 0 Å². The third-order valence-corrected chi connectivity index (χ3v) is 2.21. The molecule has 1 aromatic heterocycles. The Hall–Kier alpha value is -0.340. The van der Waals surface area contributed by atoms with Crippen LogP contribution in [0, 0.1) is 5.41 Å². The summed E-state index contributed by atoms with van der Waals surface area (Å²) in [5.41, 5.74) is 0.275. The van der Waals surface area contributed by atoms with Crippen molar-refractivity contribution >= 4 is 11.3 Å². The van der Waals surface area contributed by atoms with Crippen LogP contribution < -0.4 is 0 Å². The molecule has 0 aliphatic heterocycles. The van der Waals surface area contributed by atoms with Crippen LogP contribution in [0.15, 0.2) is 17.5 Å². The minimum atomic E-state index is 0.275. The van der Waals surface area contributed by atoms with Crippen LogP contribution in [-0.2, 0) is 11.3 Å². The molecule has 12 heavy (non-hydrogen) atoms. The van der Waals surface area contributed by atoms with Gasteiger partial charge in [0.2, 0.25) is 0 Å². The zero-order valence-corrected chi connectivity index (χ0v) is 8.78. The predicted octanol–water partition coefficient (Wildman–Crippen LogP) is 3.31.